The van der Waals surface area contributed by atoms with Gasteiger partial charge in [-0.25, -0.2) is 9.98 Å². The maximum atomic E-state index is 4.84. The average Bonchev–Trinajstić information content (AvgIpc) is 3.42. The summed E-state index contributed by atoms with van der Waals surface area (Å²) >= 11 is 0. The zero-order valence-corrected chi connectivity index (χ0v) is 17.7. The molecule has 0 fully saturated rings. The molecule has 0 aromatic carbocycles. The zero-order chi connectivity index (χ0) is 19.5. The molecule has 2 aromatic rings. The molecule has 149 valence electrons. The van der Waals surface area contributed by atoms with Crippen molar-refractivity contribution in [3.8, 4) is 0 Å². The smallest absolute Gasteiger partial charge is 0.660 e. The van der Waals surface area contributed by atoms with Gasteiger partial charge >= 0.3 is 17.1 Å². The minimum absolute atomic E-state index is 0. The van der Waals surface area contributed by atoms with E-state index in [1.807, 2.05) is 36.4 Å². The Labute approximate surface area is 181 Å². The molecule has 0 unspecified atom stereocenters. The number of fused-ring (bicyclic) bond motifs is 6. The molecular weight excluding hydrogens is 410 g/mol. The normalized spacial score (nSPS) is 24.1. The Balaban J connectivity index is 0.00000205. The van der Waals surface area contributed by atoms with E-state index in [0.29, 0.717) is 0 Å². The van der Waals surface area contributed by atoms with E-state index >= 15 is 0 Å². The largest absolute Gasteiger partial charge is 2.00 e. The number of amidine groups is 1. The Morgan fingerprint density at radius 3 is 2.03 bits per heavy atom. The second kappa shape index (κ2) is 6.68. The molecule has 8 bridgehead atoms. The van der Waals surface area contributed by atoms with Crippen LogP contribution in [0.15, 0.2) is 62.8 Å². The fourth-order valence-corrected chi connectivity index (χ4v) is 3.65. The summed E-state index contributed by atoms with van der Waals surface area (Å²) in [5, 5.41) is 0. The van der Waals surface area contributed by atoms with E-state index in [2.05, 4.69) is 44.8 Å². The average molecular weight is 431 g/mol. The minimum Gasteiger partial charge on any atom is -0.660 e. The molecule has 0 spiro atoms. The summed E-state index contributed by atoms with van der Waals surface area (Å²) in [6, 6.07) is 8.15. The molecule has 0 saturated carbocycles. The first kappa shape index (κ1) is 19.6. The first-order valence-electron chi connectivity index (χ1n) is 9.45. The molecule has 0 atom stereocenters. The van der Waals surface area contributed by atoms with Gasteiger partial charge in [0.1, 0.15) is 5.84 Å². The van der Waals surface area contributed by atoms with Crippen molar-refractivity contribution in [3.05, 3.63) is 70.6 Å². The number of rotatable bonds is 0. The first-order valence-corrected chi connectivity index (χ1v) is 9.45. The fraction of sp³-hybridized carbons (Fsp3) is 0.261. The number of allylic oxidation sites excluding steroid dienone is 3. The molecule has 6 heteroatoms. The summed E-state index contributed by atoms with van der Waals surface area (Å²) in [5.74, 6) is 0.760. The number of hydrogen-bond acceptors (Lipinski definition) is 3. The van der Waals surface area contributed by atoms with Gasteiger partial charge in [-0.15, -0.1) is 22.8 Å². The summed E-state index contributed by atoms with van der Waals surface area (Å²) in [6.45, 7) is 8.50. The summed E-state index contributed by atoms with van der Waals surface area (Å²) < 4.78 is 0. The Hall–Kier alpha value is -2.69. The van der Waals surface area contributed by atoms with Gasteiger partial charge in [0.05, 0.1) is 17.6 Å². The molecule has 0 amide bonds. The quantitative estimate of drug-likeness (QED) is 0.592. The molecule has 3 aliphatic heterocycles. The van der Waals surface area contributed by atoms with Crippen LogP contribution in [0.4, 0.5) is 0 Å². The van der Waals surface area contributed by atoms with Crippen molar-refractivity contribution in [2.45, 2.75) is 38.5 Å². The van der Waals surface area contributed by atoms with E-state index in [1.165, 1.54) is 0 Å². The van der Waals surface area contributed by atoms with Gasteiger partial charge in [0.15, 0.2) is 0 Å². The van der Waals surface area contributed by atoms with E-state index in [0.717, 1.165) is 45.7 Å². The van der Waals surface area contributed by atoms with Crippen LogP contribution in [0.1, 0.15) is 50.5 Å². The van der Waals surface area contributed by atoms with Gasteiger partial charge in [-0.05, 0) is 18.2 Å². The van der Waals surface area contributed by atoms with Gasteiger partial charge in [-0.2, -0.15) is 0 Å². The standard InChI is InChI=1S/C23H21N5.Cu/c1-22(2)18-8-5-14(25-18)11-15-7-10-20(27-15)23(3,4)21-24-13-17(28-21)12-16-6-9-19(22)26-16;/h5-13H,1-4H3;/q-2;+2/b14-11-,17-12-;. The van der Waals surface area contributed by atoms with Crippen molar-refractivity contribution >= 4 is 29.9 Å². The Bertz CT molecular complexity index is 1070. The molecule has 1 radical (unpaired) electrons. The van der Waals surface area contributed by atoms with Gasteiger partial charge in [0, 0.05) is 16.5 Å². The third kappa shape index (κ3) is 3.22. The molecule has 0 N–H and O–H groups in total. The van der Waals surface area contributed by atoms with Crippen LogP contribution >= 0.6 is 0 Å². The third-order valence-electron chi connectivity index (χ3n) is 5.61. The molecule has 5 heterocycles. The van der Waals surface area contributed by atoms with Crippen LogP contribution in [0.25, 0.3) is 12.2 Å². The van der Waals surface area contributed by atoms with Crippen LogP contribution in [0.5, 0.6) is 0 Å². The van der Waals surface area contributed by atoms with Crippen molar-refractivity contribution in [1.29, 1.82) is 0 Å². The monoisotopic (exact) mass is 430 g/mol. The SMILES string of the molecule is CC1(C)C2=N/C(=C\c3ccc([n-]3)C(C)(C)C3=N/C(=C\c4ccc1[n-]4)C=N3)C=C2.[Cu+2]. The van der Waals surface area contributed by atoms with Gasteiger partial charge in [0.25, 0.3) is 0 Å². The molecule has 0 aliphatic carbocycles. The summed E-state index contributed by atoms with van der Waals surface area (Å²) in [5.41, 5.74) is 5.76. The summed E-state index contributed by atoms with van der Waals surface area (Å²) in [6.07, 6.45) is 9.90. The molecule has 5 nitrogen and oxygen atoms in total. The van der Waals surface area contributed by atoms with Gasteiger partial charge in [-0.1, -0.05) is 58.0 Å². The number of hydrogen-bond donors (Lipinski definition) is 0. The third-order valence-corrected chi connectivity index (χ3v) is 5.61. The summed E-state index contributed by atoms with van der Waals surface area (Å²) in [4.78, 5) is 23.8. The fourth-order valence-electron chi connectivity index (χ4n) is 3.65. The predicted octanol–water partition coefficient (Wildman–Crippen LogP) is 4.04. The first-order chi connectivity index (χ1) is 13.3. The maximum absolute atomic E-state index is 4.84. The second-order valence-electron chi connectivity index (χ2n) is 8.42. The number of aromatic nitrogens is 2. The van der Waals surface area contributed by atoms with Crippen molar-refractivity contribution in [2.24, 2.45) is 15.0 Å². The van der Waals surface area contributed by atoms with Crippen LogP contribution in [0, 0.1) is 0 Å². The Morgan fingerprint density at radius 1 is 0.724 bits per heavy atom. The van der Waals surface area contributed by atoms with Crippen LogP contribution in [-0.4, -0.2) is 17.8 Å². The number of aliphatic imine (C=N–C) groups is 3. The van der Waals surface area contributed by atoms with Crippen LogP contribution in [0.2, 0.25) is 0 Å². The van der Waals surface area contributed by atoms with E-state index in [9.17, 15) is 0 Å². The van der Waals surface area contributed by atoms with Crippen LogP contribution < -0.4 is 9.97 Å². The van der Waals surface area contributed by atoms with Gasteiger partial charge in [0.2, 0.25) is 0 Å². The predicted molar refractivity (Wildman–Crippen MR) is 114 cm³/mol. The molecule has 5 rings (SSSR count). The van der Waals surface area contributed by atoms with E-state index in [-0.39, 0.29) is 27.9 Å². The second-order valence-corrected chi connectivity index (χ2v) is 8.42. The van der Waals surface area contributed by atoms with Gasteiger partial charge < -0.3 is 9.97 Å². The zero-order valence-electron chi connectivity index (χ0n) is 16.7. The van der Waals surface area contributed by atoms with Crippen molar-refractivity contribution in [1.82, 2.24) is 9.97 Å². The van der Waals surface area contributed by atoms with E-state index in [4.69, 9.17) is 20.0 Å². The summed E-state index contributed by atoms with van der Waals surface area (Å²) in [7, 11) is 0. The molecule has 2 aromatic heterocycles. The topological polar surface area (TPSA) is 65.3 Å². The molecule has 0 saturated heterocycles. The maximum Gasteiger partial charge on any atom is 2.00 e. The van der Waals surface area contributed by atoms with Crippen LogP contribution in [-0.2, 0) is 27.9 Å². The van der Waals surface area contributed by atoms with E-state index < -0.39 is 0 Å². The Morgan fingerprint density at radius 2 is 1.34 bits per heavy atom. The van der Waals surface area contributed by atoms with Gasteiger partial charge in [-0.3, -0.25) is 4.99 Å². The minimum atomic E-state index is -0.382. The number of nitrogens with zero attached hydrogens (tertiary/aromatic N) is 5. The van der Waals surface area contributed by atoms with Crippen molar-refractivity contribution in [3.63, 3.8) is 0 Å². The molecule has 3 aliphatic rings. The Kier molecular flexibility index (Phi) is 4.52. The molecular formula is C23H21CuN5. The van der Waals surface area contributed by atoms with Crippen molar-refractivity contribution < 1.29 is 17.1 Å². The molecule has 29 heavy (non-hydrogen) atoms. The van der Waals surface area contributed by atoms with Crippen molar-refractivity contribution in [2.75, 3.05) is 0 Å². The van der Waals surface area contributed by atoms with Crippen LogP contribution in [0.3, 0.4) is 0 Å². The van der Waals surface area contributed by atoms with E-state index in [1.54, 1.807) is 6.21 Å².